The van der Waals surface area contributed by atoms with Crippen molar-refractivity contribution >= 4 is 12.0 Å². The Labute approximate surface area is 162 Å². The topological polar surface area (TPSA) is 32.3 Å². The van der Waals surface area contributed by atoms with Crippen LogP contribution in [0.1, 0.15) is 35.4 Å². The highest BCUT2D eigenvalue weighted by Gasteiger charge is 2.37. The van der Waals surface area contributed by atoms with Crippen molar-refractivity contribution in [2.24, 2.45) is 5.92 Å². The summed E-state index contributed by atoms with van der Waals surface area (Å²) in [5.74, 6) is 0.868. The Balaban J connectivity index is 1.43. The van der Waals surface area contributed by atoms with Crippen LogP contribution in [-0.4, -0.2) is 36.5 Å². The van der Waals surface area contributed by atoms with E-state index < -0.39 is 0 Å². The van der Waals surface area contributed by atoms with E-state index in [1.54, 1.807) is 0 Å². The number of carbonyl (C=O) groups is 1. The molecule has 0 bridgehead atoms. The van der Waals surface area contributed by atoms with Gasteiger partial charge in [0.15, 0.2) is 0 Å². The van der Waals surface area contributed by atoms with Crippen molar-refractivity contribution in [2.45, 2.75) is 31.7 Å². The summed E-state index contributed by atoms with van der Waals surface area (Å²) >= 11 is 0. The lowest BCUT2D eigenvalue weighted by molar-refractivity contribution is -0.123. The van der Waals surface area contributed by atoms with Gasteiger partial charge in [-0.15, -0.1) is 0 Å². The molecule has 140 valence electrons. The van der Waals surface area contributed by atoms with E-state index in [1.807, 2.05) is 6.07 Å². The highest BCUT2D eigenvalue weighted by atomic mass is 16.2. The zero-order chi connectivity index (χ0) is 18.6. The number of likely N-dealkylation sites (tertiary alicyclic amines) is 1. The largest absolute Gasteiger partial charge is 0.351 e. The lowest BCUT2D eigenvalue weighted by atomic mass is 9.93. The van der Waals surface area contributed by atoms with E-state index in [9.17, 15) is 4.79 Å². The molecule has 1 amide bonds. The van der Waals surface area contributed by atoms with Crippen molar-refractivity contribution in [3.63, 3.8) is 0 Å². The predicted octanol–water partition coefficient (Wildman–Crippen LogP) is 4.00. The lowest BCUT2D eigenvalue weighted by Crippen LogP contribution is -2.40. The molecule has 0 radical (unpaired) electrons. The van der Waals surface area contributed by atoms with Crippen LogP contribution in [0.15, 0.2) is 60.7 Å². The normalized spacial score (nSPS) is 23.0. The molecule has 1 saturated heterocycles. The van der Waals surface area contributed by atoms with Crippen molar-refractivity contribution in [1.29, 1.82) is 0 Å². The molecular formula is C24H28N2O. The fourth-order valence-corrected chi connectivity index (χ4v) is 3.88. The van der Waals surface area contributed by atoms with Gasteiger partial charge in [-0.2, -0.15) is 0 Å². The maximum absolute atomic E-state index is 12.4. The van der Waals surface area contributed by atoms with Gasteiger partial charge in [-0.05, 0) is 30.9 Å². The second-order valence-electron chi connectivity index (χ2n) is 7.94. The molecule has 1 aliphatic carbocycles. The quantitative estimate of drug-likeness (QED) is 0.844. The van der Waals surface area contributed by atoms with Gasteiger partial charge in [0.1, 0.15) is 0 Å². The molecule has 0 spiro atoms. The molecule has 2 atom stereocenters. The Hall–Kier alpha value is -2.39. The Morgan fingerprint density at radius 1 is 1.07 bits per heavy atom. The Bertz CT molecular complexity index is 793. The van der Waals surface area contributed by atoms with E-state index in [0.29, 0.717) is 5.92 Å². The van der Waals surface area contributed by atoms with Crippen LogP contribution in [-0.2, 0) is 4.79 Å². The van der Waals surface area contributed by atoms with E-state index in [0.717, 1.165) is 32.5 Å². The number of benzene rings is 2. The number of hydrogen-bond donors (Lipinski definition) is 1. The van der Waals surface area contributed by atoms with Gasteiger partial charge in [0.2, 0.25) is 5.91 Å². The summed E-state index contributed by atoms with van der Waals surface area (Å²) in [6, 6.07) is 19.4. The van der Waals surface area contributed by atoms with Gasteiger partial charge in [-0.1, -0.05) is 72.3 Å². The fraction of sp³-hybridized carbons (Fsp3) is 0.375. The van der Waals surface area contributed by atoms with Crippen molar-refractivity contribution in [3.8, 4) is 0 Å². The highest BCUT2D eigenvalue weighted by Crippen LogP contribution is 2.32. The minimum Gasteiger partial charge on any atom is -0.351 e. The smallest absolute Gasteiger partial charge is 0.223 e. The molecule has 0 aromatic heterocycles. The van der Waals surface area contributed by atoms with Crippen LogP contribution in [0.4, 0.5) is 0 Å². The summed E-state index contributed by atoms with van der Waals surface area (Å²) in [7, 11) is 0. The average molecular weight is 361 g/mol. The van der Waals surface area contributed by atoms with Crippen molar-refractivity contribution in [3.05, 3.63) is 77.4 Å². The van der Waals surface area contributed by atoms with Crippen LogP contribution in [0.3, 0.4) is 0 Å². The molecule has 27 heavy (non-hydrogen) atoms. The number of hydrogen-bond acceptors (Lipinski definition) is 2. The summed E-state index contributed by atoms with van der Waals surface area (Å²) in [5.41, 5.74) is 3.83. The number of nitrogens with zero attached hydrogens (tertiary/aromatic N) is 1. The zero-order valence-electron chi connectivity index (χ0n) is 16.0. The molecule has 2 aliphatic rings. The first-order valence-corrected chi connectivity index (χ1v) is 10.00. The number of aryl methyl sites for hydroxylation is 1. The molecular weight excluding hydrogens is 332 g/mol. The van der Waals surface area contributed by atoms with Gasteiger partial charge >= 0.3 is 0 Å². The molecule has 1 heterocycles. The van der Waals surface area contributed by atoms with E-state index in [4.69, 9.17) is 0 Å². The SMILES string of the molecule is Cc1ccc([C@@H]2CN(C/C=C/c3ccccc3)C[C@H]2NC(=O)C2CC2)cc1. The third-order valence-electron chi connectivity index (χ3n) is 5.65. The molecule has 3 heteroatoms. The molecule has 1 N–H and O–H groups in total. The fourth-order valence-electron chi connectivity index (χ4n) is 3.88. The Morgan fingerprint density at radius 2 is 1.81 bits per heavy atom. The standard InChI is InChI=1S/C24H28N2O/c1-18-9-11-20(12-10-18)22-16-26(15-5-8-19-6-3-2-4-7-19)17-23(22)25-24(27)21-13-14-21/h2-12,21-23H,13-17H2,1H3,(H,25,27)/b8-5+/t22-,23+/m0/s1. The summed E-state index contributed by atoms with van der Waals surface area (Å²) in [5, 5.41) is 3.34. The van der Waals surface area contributed by atoms with Crippen LogP contribution < -0.4 is 5.32 Å². The molecule has 3 nitrogen and oxygen atoms in total. The molecule has 2 aromatic rings. The first kappa shape index (κ1) is 18.0. The molecule has 1 aliphatic heterocycles. The van der Waals surface area contributed by atoms with E-state index in [2.05, 4.69) is 77.8 Å². The lowest BCUT2D eigenvalue weighted by Gasteiger charge is -2.20. The third-order valence-corrected chi connectivity index (χ3v) is 5.65. The van der Waals surface area contributed by atoms with Crippen LogP contribution in [0.25, 0.3) is 6.08 Å². The van der Waals surface area contributed by atoms with E-state index >= 15 is 0 Å². The second-order valence-corrected chi connectivity index (χ2v) is 7.94. The van der Waals surface area contributed by atoms with E-state index in [-0.39, 0.29) is 17.9 Å². The van der Waals surface area contributed by atoms with Gasteiger partial charge in [-0.3, -0.25) is 9.69 Å². The summed E-state index contributed by atoms with van der Waals surface area (Å²) in [6.07, 6.45) is 6.51. The first-order chi connectivity index (χ1) is 13.2. The summed E-state index contributed by atoms with van der Waals surface area (Å²) < 4.78 is 0. The summed E-state index contributed by atoms with van der Waals surface area (Å²) in [6.45, 7) is 4.92. The molecule has 1 saturated carbocycles. The minimum absolute atomic E-state index is 0.200. The minimum atomic E-state index is 0.200. The van der Waals surface area contributed by atoms with Crippen LogP contribution in [0.2, 0.25) is 0 Å². The van der Waals surface area contributed by atoms with Crippen LogP contribution in [0.5, 0.6) is 0 Å². The van der Waals surface area contributed by atoms with Gasteiger partial charge in [-0.25, -0.2) is 0 Å². The number of rotatable bonds is 6. The van der Waals surface area contributed by atoms with Gasteiger partial charge in [0, 0.05) is 37.5 Å². The van der Waals surface area contributed by atoms with Gasteiger partial charge in [0.05, 0.1) is 0 Å². The first-order valence-electron chi connectivity index (χ1n) is 10.00. The summed E-state index contributed by atoms with van der Waals surface area (Å²) in [4.78, 5) is 14.8. The average Bonchev–Trinajstić information content (AvgIpc) is 3.46. The highest BCUT2D eigenvalue weighted by molar-refractivity contribution is 5.81. The van der Waals surface area contributed by atoms with Gasteiger partial charge < -0.3 is 5.32 Å². The second kappa shape index (κ2) is 8.10. The maximum Gasteiger partial charge on any atom is 0.223 e. The van der Waals surface area contributed by atoms with Crippen LogP contribution in [0, 0.1) is 12.8 Å². The number of nitrogens with one attached hydrogen (secondary N) is 1. The Morgan fingerprint density at radius 3 is 2.52 bits per heavy atom. The predicted molar refractivity (Wildman–Crippen MR) is 110 cm³/mol. The van der Waals surface area contributed by atoms with Crippen molar-refractivity contribution in [1.82, 2.24) is 10.2 Å². The molecule has 2 fully saturated rings. The molecule has 0 unspecified atom stereocenters. The zero-order valence-corrected chi connectivity index (χ0v) is 16.0. The number of carbonyl (C=O) groups excluding carboxylic acids is 1. The monoisotopic (exact) mass is 360 g/mol. The maximum atomic E-state index is 12.4. The molecule has 4 rings (SSSR count). The third kappa shape index (κ3) is 4.67. The van der Waals surface area contributed by atoms with Crippen LogP contribution >= 0.6 is 0 Å². The van der Waals surface area contributed by atoms with E-state index in [1.165, 1.54) is 16.7 Å². The van der Waals surface area contributed by atoms with Gasteiger partial charge in [0.25, 0.3) is 0 Å². The van der Waals surface area contributed by atoms with Crippen molar-refractivity contribution < 1.29 is 4.79 Å². The number of amides is 1. The Kier molecular flexibility index (Phi) is 5.40. The van der Waals surface area contributed by atoms with Crippen molar-refractivity contribution in [2.75, 3.05) is 19.6 Å². The molecule has 2 aromatic carbocycles.